The number of likely N-dealkylation sites (N-methyl/N-ethyl adjacent to an activating group) is 1. The van der Waals surface area contributed by atoms with Crippen molar-refractivity contribution in [1.29, 1.82) is 0 Å². The Labute approximate surface area is 46.0 Å². The van der Waals surface area contributed by atoms with Crippen LogP contribution in [0.25, 0.3) is 0 Å². The maximum Gasteiger partial charge on any atom is 0.0104 e. The second kappa shape index (κ2) is 2.28. The quantitative estimate of drug-likeness (QED) is 0.455. The molecule has 0 amide bonds. The zero-order valence-electron chi connectivity index (χ0n) is 4.78. The molecule has 0 bridgehead atoms. The van der Waals surface area contributed by atoms with Gasteiger partial charge in [0.15, 0.2) is 0 Å². The summed E-state index contributed by atoms with van der Waals surface area (Å²) in [6.45, 7) is 4.74. The summed E-state index contributed by atoms with van der Waals surface area (Å²) >= 11 is 0. The average Bonchev–Trinajstić information content (AvgIpc) is 1.69. The summed E-state index contributed by atoms with van der Waals surface area (Å²) in [5.74, 6) is 0. The van der Waals surface area contributed by atoms with Crippen molar-refractivity contribution < 1.29 is 1.43 Å². The molecule has 0 unspecified atom stereocenters. The lowest BCUT2D eigenvalue weighted by Crippen LogP contribution is -2.40. The van der Waals surface area contributed by atoms with Crippen LogP contribution in [0.2, 0.25) is 0 Å². The van der Waals surface area contributed by atoms with Crippen LogP contribution in [0.15, 0.2) is 0 Å². The first-order chi connectivity index (χ1) is 3.39. The highest BCUT2D eigenvalue weighted by atomic mass is 15.2. The Morgan fingerprint density at radius 2 is 2.00 bits per heavy atom. The van der Waals surface area contributed by atoms with Gasteiger partial charge in [-0.1, -0.05) is 0 Å². The Balaban J connectivity index is 0.000000490. The summed E-state index contributed by atoms with van der Waals surface area (Å²) in [4.78, 5) is 2.33. The molecule has 1 aliphatic rings. The van der Waals surface area contributed by atoms with Gasteiger partial charge in [-0.25, -0.2) is 0 Å². The molecule has 1 fully saturated rings. The summed E-state index contributed by atoms with van der Waals surface area (Å²) in [5.41, 5.74) is 0. The molecular formula is C5H14N2. The van der Waals surface area contributed by atoms with Gasteiger partial charge in [0, 0.05) is 27.6 Å². The van der Waals surface area contributed by atoms with Crippen molar-refractivity contribution >= 4 is 0 Å². The molecule has 0 saturated carbocycles. The number of nitrogens with one attached hydrogen (secondary N) is 1. The van der Waals surface area contributed by atoms with Gasteiger partial charge in [0.2, 0.25) is 0 Å². The first kappa shape index (κ1) is 5.06. The van der Waals surface area contributed by atoms with E-state index >= 15 is 0 Å². The van der Waals surface area contributed by atoms with Gasteiger partial charge < -0.3 is 10.2 Å². The summed E-state index contributed by atoms with van der Waals surface area (Å²) in [5, 5.41) is 3.27. The van der Waals surface area contributed by atoms with Crippen LogP contribution >= 0.6 is 0 Å². The second-order valence-electron chi connectivity index (χ2n) is 2.05. The lowest BCUT2D eigenvalue weighted by molar-refractivity contribution is 0.291. The van der Waals surface area contributed by atoms with E-state index < -0.39 is 0 Å². The molecule has 0 radical (unpaired) electrons. The number of hydrogen-bond acceptors (Lipinski definition) is 2. The lowest BCUT2D eigenvalue weighted by Gasteiger charge is -2.21. The minimum atomic E-state index is 0. The van der Waals surface area contributed by atoms with Crippen LogP contribution in [0, 0.1) is 0 Å². The number of piperazine rings is 1. The Kier molecular flexibility index (Phi) is 1.65. The molecule has 1 heterocycles. The first-order valence-corrected chi connectivity index (χ1v) is 2.79. The van der Waals surface area contributed by atoms with Crippen LogP contribution in [0.3, 0.4) is 0 Å². The zero-order valence-corrected chi connectivity index (χ0v) is 4.78. The van der Waals surface area contributed by atoms with Gasteiger partial charge in [0.05, 0.1) is 0 Å². The van der Waals surface area contributed by atoms with Crippen LogP contribution in [-0.2, 0) is 0 Å². The zero-order chi connectivity index (χ0) is 5.11. The molecule has 1 saturated heterocycles. The van der Waals surface area contributed by atoms with E-state index in [1.54, 1.807) is 0 Å². The highest BCUT2D eigenvalue weighted by Gasteiger charge is 2.01. The highest BCUT2D eigenvalue weighted by Crippen LogP contribution is 1.82. The summed E-state index contributed by atoms with van der Waals surface area (Å²) in [6.07, 6.45) is 0. The molecule has 0 aliphatic carbocycles. The predicted octanol–water partition coefficient (Wildman–Crippen LogP) is -0.233. The maximum absolute atomic E-state index is 3.27. The van der Waals surface area contributed by atoms with Crippen molar-refractivity contribution in [2.24, 2.45) is 0 Å². The highest BCUT2D eigenvalue weighted by molar-refractivity contribution is 4.62. The summed E-state index contributed by atoms with van der Waals surface area (Å²) < 4.78 is 0. The number of hydrogen-bond donors (Lipinski definition) is 1. The second-order valence-corrected chi connectivity index (χ2v) is 2.05. The van der Waals surface area contributed by atoms with E-state index in [9.17, 15) is 0 Å². The van der Waals surface area contributed by atoms with Gasteiger partial charge in [0.25, 0.3) is 0 Å². The van der Waals surface area contributed by atoms with E-state index in [0.717, 1.165) is 13.1 Å². The van der Waals surface area contributed by atoms with Gasteiger partial charge in [-0.2, -0.15) is 0 Å². The largest absolute Gasteiger partial charge is 0.314 e. The Morgan fingerprint density at radius 1 is 1.43 bits per heavy atom. The molecule has 0 aromatic carbocycles. The van der Waals surface area contributed by atoms with Crippen LogP contribution in [0.4, 0.5) is 0 Å². The van der Waals surface area contributed by atoms with E-state index in [0.29, 0.717) is 0 Å². The topological polar surface area (TPSA) is 15.3 Å². The molecule has 2 heteroatoms. The molecule has 1 aliphatic heterocycles. The standard InChI is InChI=1S/C5H12N2.H2/c1-7-4-2-6-3-5-7;/h6H,2-5H2,1H3;1H/i;1+1. The molecule has 1 N–H and O–H groups in total. The number of rotatable bonds is 0. The van der Waals surface area contributed by atoms with Crippen molar-refractivity contribution in [3.63, 3.8) is 0 Å². The molecule has 0 aromatic rings. The average molecular weight is 103 g/mol. The predicted molar refractivity (Wildman–Crippen MR) is 32.5 cm³/mol. The fourth-order valence-electron chi connectivity index (χ4n) is 0.777. The molecule has 2 nitrogen and oxygen atoms in total. The minimum absolute atomic E-state index is 0. The third-order valence-corrected chi connectivity index (χ3v) is 1.34. The van der Waals surface area contributed by atoms with Gasteiger partial charge in [-0.05, 0) is 7.05 Å². The summed E-state index contributed by atoms with van der Waals surface area (Å²) in [7, 11) is 2.15. The molecule has 0 spiro atoms. The first-order valence-electron chi connectivity index (χ1n) is 2.79. The molecule has 1 rings (SSSR count). The summed E-state index contributed by atoms with van der Waals surface area (Å²) in [6, 6.07) is 0. The Morgan fingerprint density at radius 3 is 2.29 bits per heavy atom. The SMILES string of the molecule is CN1CCNCC1.[2HH]. The van der Waals surface area contributed by atoms with Gasteiger partial charge in [-0.3, -0.25) is 0 Å². The van der Waals surface area contributed by atoms with E-state index in [1.807, 2.05) is 0 Å². The van der Waals surface area contributed by atoms with Crippen molar-refractivity contribution in [2.45, 2.75) is 0 Å². The van der Waals surface area contributed by atoms with Crippen molar-refractivity contribution in [3.05, 3.63) is 0 Å². The minimum Gasteiger partial charge on any atom is -0.314 e. The Hall–Kier alpha value is -0.0800. The van der Waals surface area contributed by atoms with E-state index in [1.165, 1.54) is 13.1 Å². The molecule has 7 heavy (non-hydrogen) atoms. The van der Waals surface area contributed by atoms with Crippen LogP contribution < -0.4 is 5.32 Å². The van der Waals surface area contributed by atoms with Crippen molar-refractivity contribution in [3.8, 4) is 0 Å². The molecule has 0 atom stereocenters. The van der Waals surface area contributed by atoms with Crippen molar-refractivity contribution in [2.75, 3.05) is 33.2 Å². The van der Waals surface area contributed by atoms with Gasteiger partial charge >= 0.3 is 0 Å². The molecule has 0 aromatic heterocycles. The fraction of sp³-hybridized carbons (Fsp3) is 1.00. The molecular weight excluding hydrogens is 88.1 g/mol. The van der Waals surface area contributed by atoms with Crippen LogP contribution in [-0.4, -0.2) is 38.1 Å². The van der Waals surface area contributed by atoms with E-state index in [-0.39, 0.29) is 1.43 Å². The van der Waals surface area contributed by atoms with E-state index in [2.05, 4.69) is 17.3 Å². The Bertz CT molecular complexity index is 52.4. The van der Waals surface area contributed by atoms with Crippen LogP contribution in [0.5, 0.6) is 0 Å². The van der Waals surface area contributed by atoms with Crippen molar-refractivity contribution in [1.82, 2.24) is 10.2 Å². The molecule has 44 valence electrons. The lowest BCUT2D eigenvalue weighted by atomic mass is 10.4. The van der Waals surface area contributed by atoms with Crippen LogP contribution in [0.1, 0.15) is 1.43 Å². The maximum atomic E-state index is 3.27. The number of nitrogens with zero attached hydrogens (tertiary/aromatic N) is 1. The normalized spacial score (nSPS) is 25.3. The third-order valence-electron chi connectivity index (χ3n) is 1.34. The monoisotopic (exact) mass is 103 g/mol. The van der Waals surface area contributed by atoms with E-state index in [4.69, 9.17) is 0 Å². The fourth-order valence-corrected chi connectivity index (χ4v) is 0.777. The third kappa shape index (κ3) is 1.45. The van der Waals surface area contributed by atoms with Gasteiger partial charge in [-0.15, -0.1) is 0 Å². The van der Waals surface area contributed by atoms with Gasteiger partial charge in [0.1, 0.15) is 0 Å². The smallest absolute Gasteiger partial charge is 0.0104 e.